The highest BCUT2D eigenvalue weighted by Crippen LogP contribution is 2.33. The number of anilines is 1. The van der Waals surface area contributed by atoms with Crippen LogP contribution in [0, 0.1) is 0 Å². The smallest absolute Gasteiger partial charge is 0.191 e. The van der Waals surface area contributed by atoms with Crippen molar-refractivity contribution in [2.75, 3.05) is 51.1 Å². The van der Waals surface area contributed by atoms with Gasteiger partial charge in [-0.05, 0) is 43.7 Å². The predicted molar refractivity (Wildman–Crippen MR) is 113 cm³/mol. The molecule has 2 saturated heterocycles. The van der Waals surface area contributed by atoms with Crippen molar-refractivity contribution in [2.45, 2.75) is 30.1 Å². The zero-order valence-electron chi connectivity index (χ0n) is 15.6. The van der Waals surface area contributed by atoms with E-state index in [0.717, 1.165) is 63.1 Å². The van der Waals surface area contributed by atoms with Crippen molar-refractivity contribution in [3.05, 3.63) is 29.3 Å². The minimum atomic E-state index is 0.248. The summed E-state index contributed by atoms with van der Waals surface area (Å²) >= 11 is 8.07. The lowest BCUT2D eigenvalue weighted by molar-refractivity contribution is 0.0782. The van der Waals surface area contributed by atoms with Crippen molar-refractivity contribution in [3.63, 3.8) is 0 Å². The van der Waals surface area contributed by atoms with Crippen LogP contribution in [0.4, 0.5) is 5.69 Å². The van der Waals surface area contributed by atoms with Gasteiger partial charge in [0.1, 0.15) is 0 Å². The number of nitrogens with one attached hydrogen (secondary N) is 2. The van der Waals surface area contributed by atoms with Gasteiger partial charge in [0.15, 0.2) is 5.96 Å². The Bertz CT molecular complexity index is 621. The van der Waals surface area contributed by atoms with Crippen molar-refractivity contribution in [2.24, 2.45) is 4.99 Å². The fraction of sp³-hybridized carbons (Fsp3) is 0.632. The molecule has 1 aromatic carbocycles. The van der Waals surface area contributed by atoms with E-state index >= 15 is 0 Å². The Hall–Kier alpha value is -1.11. The summed E-state index contributed by atoms with van der Waals surface area (Å²) in [4.78, 5) is 6.80. The second-order valence-electron chi connectivity index (χ2n) is 6.98. The molecule has 2 fully saturated rings. The number of rotatable bonds is 5. The Morgan fingerprint density at radius 1 is 1.42 bits per heavy atom. The summed E-state index contributed by atoms with van der Waals surface area (Å²) in [6.07, 6.45) is 5.46. The van der Waals surface area contributed by atoms with Crippen LogP contribution in [0.2, 0.25) is 5.02 Å². The molecule has 26 heavy (non-hydrogen) atoms. The van der Waals surface area contributed by atoms with Crippen molar-refractivity contribution < 1.29 is 4.74 Å². The number of guanidine groups is 1. The topological polar surface area (TPSA) is 48.9 Å². The minimum Gasteiger partial charge on any atom is -0.381 e. The molecule has 5 nitrogen and oxygen atoms in total. The summed E-state index contributed by atoms with van der Waals surface area (Å²) in [6, 6.07) is 8.47. The van der Waals surface area contributed by atoms with Crippen LogP contribution in [0.15, 0.2) is 29.3 Å². The minimum absolute atomic E-state index is 0.248. The molecule has 7 heteroatoms. The maximum atomic E-state index is 6.13. The maximum Gasteiger partial charge on any atom is 0.191 e. The van der Waals surface area contributed by atoms with E-state index in [4.69, 9.17) is 16.3 Å². The molecule has 0 saturated carbocycles. The van der Waals surface area contributed by atoms with Crippen molar-refractivity contribution >= 4 is 35.0 Å². The number of aliphatic imine (C=N–C) groups is 1. The van der Waals surface area contributed by atoms with Gasteiger partial charge in [-0.2, -0.15) is 11.8 Å². The van der Waals surface area contributed by atoms with Crippen LogP contribution in [0.5, 0.6) is 0 Å². The van der Waals surface area contributed by atoms with Crippen molar-refractivity contribution in [1.29, 1.82) is 0 Å². The molecule has 0 radical (unpaired) electrons. The van der Waals surface area contributed by atoms with Gasteiger partial charge in [0.2, 0.25) is 0 Å². The highest BCUT2D eigenvalue weighted by molar-refractivity contribution is 8.00. The van der Waals surface area contributed by atoms with Gasteiger partial charge in [-0.15, -0.1) is 0 Å². The van der Waals surface area contributed by atoms with Gasteiger partial charge in [-0.25, -0.2) is 0 Å². The molecule has 2 heterocycles. The number of hydrogen-bond acceptors (Lipinski definition) is 4. The van der Waals surface area contributed by atoms with E-state index in [0.29, 0.717) is 6.04 Å². The summed E-state index contributed by atoms with van der Waals surface area (Å²) in [6.45, 7) is 4.61. The molecule has 2 aliphatic heterocycles. The lowest BCUT2D eigenvalue weighted by Crippen LogP contribution is -2.50. The van der Waals surface area contributed by atoms with Crippen LogP contribution in [0.3, 0.4) is 0 Å². The number of nitrogens with zero attached hydrogens (tertiary/aromatic N) is 2. The average molecular weight is 397 g/mol. The molecule has 144 valence electrons. The second-order valence-corrected chi connectivity index (χ2v) is 8.69. The van der Waals surface area contributed by atoms with Gasteiger partial charge in [0.25, 0.3) is 0 Å². The van der Waals surface area contributed by atoms with Gasteiger partial charge < -0.3 is 20.3 Å². The Morgan fingerprint density at radius 3 is 2.92 bits per heavy atom. The second kappa shape index (κ2) is 9.20. The largest absolute Gasteiger partial charge is 0.381 e. The van der Waals surface area contributed by atoms with Crippen LogP contribution in [0.1, 0.15) is 19.3 Å². The number of ether oxygens (including phenoxy) is 1. The molecular weight excluding hydrogens is 368 g/mol. The molecule has 3 rings (SSSR count). The van der Waals surface area contributed by atoms with Crippen molar-refractivity contribution in [1.82, 2.24) is 10.6 Å². The molecule has 2 aliphatic rings. The Labute approximate surface area is 165 Å². The number of thioether (sulfide) groups is 1. The molecule has 1 unspecified atom stereocenters. The summed E-state index contributed by atoms with van der Waals surface area (Å²) in [5, 5.41) is 7.92. The van der Waals surface area contributed by atoms with E-state index in [2.05, 4.69) is 32.8 Å². The molecule has 0 spiro atoms. The first-order valence-electron chi connectivity index (χ1n) is 9.25. The SMILES string of the molecule is CN=C(NCC1(SC)CCOCC1)NC1CCN(c2cccc(Cl)c2)C1. The van der Waals surface area contributed by atoms with Crippen LogP contribution in [0.25, 0.3) is 0 Å². The van der Waals surface area contributed by atoms with E-state index in [1.165, 1.54) is 5.69 Å². The average Bonchev–Trinajstić information content (AvgIpc) is 3.14. The molecule has 0 aromatic heterocycles. The normalized spacial score (nSPS) is 23.1. The molecule has 1 atom stereocenters. The first-order chi connectivity index (χ1) is 12.6. The third kappa shape index (κ3) is 4.99. The van der Waals surface area contributed by atoms with Crippen molar-refractivity contribution in [3.8, 4) is 0 Å². The number of hydrogen-bond donors (Lipinski definition) is 2. The Morgan fingerprint density at radius 2 is 2.23 bits per heavy atom. The summed E-state index contributed by atoms with van der Waals surface area (Å²) in [7, 11) is 1.84. The first-order valence-corrected chi connectivity index (χ1v) is 10.8. The van der Waals surface area contributed by atoms with E-state index < -0.39 is 0 Å². The van der Waals surface area contributed by atoms with Crippen LogP contribution < -0.4 is 15.5 Å². The highest BCUT2D eigenvalue weighted by atomic mass is 35.5. The molecule has 1 aromatic rings. The molecule has 0 aliphatic carbocycles. The monoisotopic (exact) mass is 396 g/mol. The quantitative estimate of drug-likeness (QED) is 0.591. The molecule has 0 amide bonds. The number of halogens is 1. The lowest BCUT2D eigenvalue weighted by Gasteiger charge is -2.36. The lowest BCUT2D eigenvalue weighted by atomic mass is 9.99. The molecule has 0 bridgehead atoms. The van der Waals surface area contributed by atoms with Gasteiger partial charge >= 0.3 is 0 Å². The fourth-order valence-corrected chi connectivity index (χ4v) is 4.59. The van der Waals surface area contributed by atoms with Gasteiger partial charge in [0, 0.05) is 61.4 Å². The third-order valence-corrected chi connectivity index (χ3v) is 6.99. The third-order valence-electron chi connectivity index (χ3n) is 5.34. The molecule has 2 N–H and O–H groups in total. The standard InChI is InChI=1S/C19H29ClN4OS/c1-21-18(22-14-19(26-2)7-10-25-11-8-19)23-16-6-9-24(13-16)17-5-3-4-15(20)12-17/h3-5,12,16H,6-11,13-14H2,1-2H3,(H2,21,22,23). The summed E-state index contributed by atoms with van der Waals surface area (Å²) in [5.41, 5.74) is 1.19. The summed E-state index contributed by atoms with van der Waals surface area (Å²) in [5.74, 6) is 0.892. The maximum absolute atomic E-state index is 6.13. The highest BCUT2D eigenvalue weighted by Gasteiger charge is 2.32. The summed E-state index contributed by atoms with van der Waals surface area (Å²) < 4.78 is 5.78. The zero-order chi connectivity index (χ0) is 18.4. The number of benzene rings is 1. The van der Waals surface area contributed by atoms with Crippen LogP contribution >= 0.6 is 23.4 Å². The zero-order valence-corrected chi connectivity index (χ0v) is 17.2. The van der Waals surface area contributed by atoms with Crippen LogP contribution in [-0.4, -0.2) is 62.9 Å². The van der Waals surface area contributed by atoms with E-state index in [-0.39, 0.29) is 4.75 Å². The van der Waals surface area contributed by atoms with Gasteiger partial charge in [0.05, 0.1) is 0 Å². The van der Waals surface area contributed by atoms with Gasteiger partial charge in [-0.1, -0.05) is 17.7 Å². The van der Waals surface area contributed by atoms with E-state index in [1.807, 2.05) is 37.0 Å². The predicted octanol–water partition coefficient (Wildman–Crippen LogP) is 3.00. The molecular formula is C19H29ClN4OS. The Balaban J connectivity index is 1.51. The fourth-order valence-electron chi connectivity index (χ4n) is 3.61. The Kier molecular flexibility index (Phi) is 6.95. The van der Waals surface area contributed by atoms with Crippen LogP contribution in [-0.2, 0) is 4.74 Å². The van der Waals surface area contributed by atoms with E-state index in [1.54, 1.807) is 0 Å². The van der Waals surface area contributed by atoms with E-state index in [9.17, 15) is 0 Å². The van der Waals surface area contributed by atoms with Gasteiger partial charge in [-0.3, -0.25) is 4.99 Å². The first kappa shape index (κ1) is 19.6.